The molecule has 0 N–H and O–H groups in total. The number of hydrogen-bond acceptors (Lipinski definition) is 6. The van der Waals surface area contributed by atoms with Gasteiger partial charge in [-0.3, -0.25) is 0 Å². The van der Waals surface area contributed by atoms with Gasteiger partial charge in [0, 0.05) is 0 Å². The number of aromatic nitrogens is 1. The molecule has 1 rings (SSSR count). The molecule has 10 heteroatoms. The van der Waals surface area contributed by atoms with E-state index in [-0.39, 0.29) is 0 Å². The predicted molar refractivity (Wildman–Crippen MR) is 36.8 cm³/mol. The molecule has 1 heterocycles. The zero-order valence-corrected chi connectivity index (χ0v) is 7.46. The van der Waals surface area contributed by atoms with Gasteiger partial charge in [0.15, 0.2) is 5.69 Å². The Morgan fingerprint density at radius 3 is 2.53 bits per heavy atom. The molecule has 0 spiro atoms. The monoisotopic (exact) mass is 242 g/mol. The van der Waals surface area contributed by atoms with Gasteiger partial charge in [-0.1, -0.05) is 0 Å². The molecule has 0 radical (unpaired) electrons. The maximum absolute atomic E-state index is 11.8. The largest absolute Gasteiger partial charge is 0.534 e. The maximum atomic E-state index is 11.8. The Labute approximate surface area is 81.0 Å². The molecule has 1 aromatic rings. The summed E-state index contributed by atoms with van der Waals surface area (Å²) in [7, 11) is -5.81. The summed E-state index contributed by atoms with van der Waals surface area (Å²) in [6.45, 7) is 0. The minimum Gasteiger partial charge on any atom is -0.415 e. The van der Waals surface area contributed by atoms with Crippen LogP contribution in [0.4, 0.5) is 13.2 Å². The zero-order chi connectivity index (χ0) is 11.7. The van der Waals surface area contributed by atoms with Gasteiger partial charge in [-0.25, -0.2) is 0 Å². The molecular formula is C5HF3N2O4S. The summed E-state index contributed by atoms with van der Waals surface area (Å²) in [5.41, 5.74) is -5.98. The summed E-state index contributed by atoms with van der Waals surface area (Å²) in [6, 6.07) is 1.41. The SMILES string of the molecule is N#Cc1coc(OS(=O)(=O)C(F)(F)F)n1. The van der Waals surface area contributed by atoms with E-state index in [4.69, 9.17) is 5.26 Å². The van der Waals surface area contributed by atoms with E-state index in [2.05, 4.69) is 13.6 Å². The second-order valence-electron chi connectivity index (χ2n) is 2.09. The van der Waals surface area contributed by atoms with E-state index in [0.717, 1.165) is 0 Å². The third-order valence-corrected chi connectivity index (χ3v) is 1.99. The number of alkyl halides is 3. The van der Waals surface area contributed by atoms with Crippen LogP contribution in [0.15, 0.2) is 10.7 Å². The van der Waals surface area contributed by atoms with Crippen LogP contribution in [0.3, 0.4) is 0 Å². The quantitative estimate of drug-likeness (QED) is 0.561. The molecule has 0 aliphatic rings. The van der Waals surface area contributed by atoms with Crippen molar-refractivity contribution < 1.29 is 30.2 Å². The lowest BCUT2D eigenvalue weighted by atomic mass is 10.6. The highest BCUT2D eigenvalue weighted by atomic mass is 32.2. The van der Waals surface area contributed by atoms with E-state index in [1.54, 1.807) is 0 Å². The average Bonchev–Trinajstić information content (AvgIpc) is 2.49. The third kappa shape index (κ3) is 2.38. The Morgan fingerprint density at radius 1 is 1.53 bits per heavy atom. The van der Waals surface area contributed by atoms with Gasteiger partial charge < -0.3 is 8.60 Å². The van der Waals surface area contributed by atoms with E-state index >= 15 is 0 Å². The summed E-state index contributed by atoms with van der Waals surface area (Å²) in [4.78, 5) is 3.00. The van der Waals surface area contributed by atoms with Crippen molar-refractivity contribution in [1.29, 1.82) is 5.26 Å². The van der Waals surface area contributed by atoms with Crippen LogP contribution in [-0.2, 0) is 10.1 Å². The van der Waals surface area contributed by atoms with Gasteiger partial charge in [0.1, 0.15) is 12.3 Å². The molecule has 0 atom stereocenters. The van der Waals surface area contributed by atoms with Crippen molar-refractivity contribution >= 4 is 10.1 Å². The van der Waals surface area contributed by atoms with E-state index in [0.29, 0.717) is 6.26 Å². The van der Waals surface area contributed by atoms with Gasteiger partial charge in [-0.05, 0) is 0 Å². The zero-order valence-electron chi connectivity index (χ0n) is 6.65. The summed E-state index contributed by atoms with van der Waals surface area (Å²) in [6.07, 6.45) is -0.509. The standard InChI is InChI=1S/C5HF3N2O4S/c6-5(7,8)15(11,12)14-4-10-3(1-9)2-13-4/h2H. The van der Waals surface area contributed by atoms with E-state index in [1.807, 2.05) is 0 Å². The molecule has 0 bridgehead atoms. The molecule has 0 aliphatic carbocycles. The molecule has 6 nitrogen and oxygen atoms in total. The molecule has 1 aromatic heterocycles. The number of oxazole rings is 1. The topological polar surface area (TPSA) is 93.2 Å². The summed E-state index contributed by atoms with van der Waals surface area (Å²) >= 11 is 0. The molecular weight excluding hydrogens is 241 g/mol. The van der Waals surface area contributed by atoms with Crippen LogP contribution in [0.5, 0.6) is 6.08 Å². The molecule has 0 aliphatic heterocycles. The van der Waals surface area contributed by atoms with Crippen LogP contribution in [0.25, 0.3) is 0 Å². The fourth-order valence-corrected chi connectivity index (χ4v) is 0.847. The number of nitrogens with zero attached hydrogens (tertiary/aromatic N) is 2. The van der Waals surface area contributed by atoms with Gasteiger partial charge in [-0.2, -0.15) is 31.8 Å². The molecule has 0 saturated carbocycles. The van der Waals surface area contributed by atoms with Gasteiger partial charge in [0.05, 0.1) is 0 Å². The Kier molecular flexibility index (Phi) is 2.59. The van der Waals surface area contributed by atoms with Crippen LogP contribution in [0.2, 0.25) is 0 Å². The average molecular weight is 242 g/mol. The van der Waals surface area contributed by atoms with Crippen molar-refractivity contribution in [3.63, 3.8) is 0 Å². The van der Waals surface area contributed by atoms with Crippen LogP contribution < -0.4 is 4.18 Å². The predicted octanol–water partition coefficient (Wildman–Crippen LogP) is 0.775. The highest BCUT2D eigenvalue weighted by Crippen LogP contribution is 2.26. The van der Waals surface area contributed by atoms with E-state index < -0.39 is 27.4 Å². The fraction of sp³-hybridized carbons (Fsp3) is 0.200. The first kappa shape index (κ1) is 11.3. The summed E-state index contributed by atoms with van der Waals surface area (Å²) < 4.78 is 63.7. The van der Waals surface area contributed by atoms with E-state index in [1.165, 1.54) is 6.07 Å². The maximum Gasteiger partial charge on any atom is 0.534 e. The minimum absolute atomic E-state index is 0.401. The Hall–Kier alpha value is -1.76. The van der Waals surface area contributed by atoms with Crippen LogP contribution in [0, 0.1) is 11.3 Å². The Balaban J connectivity index is 2.93. The van der Waals surface area contributed by atoms with Crippen molar-refractivity contribution in [3.8, 4) is 12.1 Å². The molecule has 82 valence electrons. The number of halogens is 3. The van der Waals surface area contributed by atoms with Gasteiger partial charge in [-0.15, -0.1) is 0 Å². The van der Waals surface area contributed by atoms with Crippen LogP contribution in [-0.4, -0.2) is 18.9 Å². The third-order valence-electron chi connectivity index (χ3n) is 1.06. The Bertz CT molecular complexity index is 497. The van der Waals surface area contributed by atoms with Crippen LogP contribution in [0.1, 0.15) is 5.69 Å². The lowest BCUT2D eigenvalue weighted by Gasteiger charge is -2.04. The second kappa shape index (κ2) is 3.43. The summed E-state index contributed by atoms with van der Waals surface area (Å²) in [5, 5.41) is 8.21. The minimum atomic E-state index is -5.81. The lowest BCUT2D eigenvalue weighted by molar-refractivity contribution is -0.0508. The normalized spacial score (nSPS) is 12.1. The second-order valence-corrected chi connectivity index (χ2v) is 3.63. The first-order valence-electron chi connectivity index (χ1n) is 3.12. The van der Waals surface area contributed by atoms with Crippen molar-refractivity contribution in [2.45, 2.75) is 5.51 Å². The van der Waals surface area contributed by atoms with Crippen molar-refractivity contribution in [3.05, 3.63) is 12.0 Å². The first-order valence-corrected chi connectivity index (χ1v) is 4.53. The lowest BCUT2D eigenvalue weighted by Crippen LogP contribution is -2.28. The highest BCUT2D eigenvalue weighted by molar-refractivity contribution is 7.87. The molecule has 0 fully saturated rings. The van der Waals surface area contributed by atoms with Gasteiger partial charge >= 0.3 is 21.7 Å². The first-order chi connectivity index (χ1) is 6.76. The summed E-state index contributed by atoms with van der Waals surface area (Å²) in [5.74, 6) is 0. The molecule has 0 saturated heterocycles. The molecule has 0 unspecified atom stereocenters. The molecule has 0 amide bonds. The van der Waals surface area contributed by atoms with Gasteiger partial charge in [0.2, 0.25) is 0 Å². The van der Waals surface area contributed by atoms with Crippen molar-refractivity contribution in [2.24, 2.45) is 0 Å². The van der Waals surface area contributed by atoms with Crippen molar-refractivity contribution in [2.75, 3.05) is 0 Å². The smallest absolute Gasteiger partial charge is 0.415 e. The number of nitriles is 1. The van der Waals surface area contributed by atoms with E-state index in [9.17, 15) is 21.6 Å². The van der Waals surface area contributed by atoms with Crippen LogP contribution >= 0.6 is 0 Å². The fourth-order valence-electron chi connectivity index (χ4n) is 0.488. The molecule has 0 aromatic carbocycles. The Morgan fingerprint density at radius 2 is 2.13 bits per heavy atom. The van der Waals surface area contributed by atoms with Crippen molar-refractivity contribution in [1.82, 2.24) is 4.98 Å². The number of hydrogen-bond donors (Lipinski definition) is 0. The highest BCUT2D eigenvalue weighted by Gasteiger charge is 2.49. The molecule has 15 heavy (non-hydrogen) atoms. The number of rotatable bonds is 2. The van der Waals surface area contributed by atoms with Gasteiger partial charge in [0.25, 0.3) is 0 Å².